The predicted molar refractivity (Wildman–Crippen MR) is 132 cm³/mol. The molecule has 0 radical (unpaired) electrons. The average Bonchev–Trinajstić information content (AvgIpc) is 3.31. The number of halogens is 1. The first-order valence-corrected chi connectivity index (χ1v) is 12.9. The molecule has 2 aromatic carbocycles. The molecule has 1 fully saturated rings. The van der Waals surface area contributed by atoms with Gasteiger partial charge in [0.1, 0.15) is 5.75 Å². The summed E-state index contributed by atoms with van der Waals surface area (Å²) < 4.78 is 18.1. The van der Waals surface area contributed by atoms with Crippen LogP contribution in [0.3, 0.4) is 0 Å². The van der Waals surface area contributed by atoms with Crippen molar-refractivity contribution in [3.05, 3.63) is 52.0 Å². The first kappa shape index (κ1) is 23.8. The molecule has 0 atom stereocenters. The zero-order valence-electron chi connectivity index (χ0n) is 17.4. The van der Waals surface area contributed by atoms with E-state index < -0.39 is 0 Å². The molecule has 2 aromatic rings. The van der Waals surface area contributed by atoms with E-state index in [2.05, 4.69) is 38.6 Å². The van der Waals surface area contributed by atoms with Crippen molar-refractivity contribution in [2.45, 2.75) is 18.4 Å². The van der Waals surface area contributed by atoms with E-state index in [-0.39, 0.29) is 12.5 Å². The highest BCUT2D eigenvalue weighted by atomic mass is 79.9. The van der Waals surface area contributed by atoms with Gasteiger partial charge < -0.3 is 14.2 Å². The van der Waals surface area contributed by atoms with Crippen LogP contribution < -0.4 is 19.6 Å². The quantitative estimate of drug-likeness (QED) is 0.338. The second-order valence-electron chi connectivity index (χ2n) is 6.41. The number of ether oxygens (including phenoxy) is 3. The van der Waals surface area contributed by atoms with Gasteiger partial charge in [0.2, 0.25) is 0 Å². The van der Waals surface area contributed by atoms with E-state index in [4.69, 9.17) is 14.2 Å². The highest BCUT2D eigenvalue weighted by molar-refractivity contribution is 9.10. The zero-order valence-corrected chi connectivity index (χ0v) is 20.6. The van der Waals surface area contributed by atoms with Crippen molar-refractivity contribution in [1.29, 1.82) is 0 Å². The maximum Gasteiger partial charge on any atom is 0.277 e. The maximum atomic E-state index is 12.1. The summed E-state index contributed by atoms with van der Waals surface area (Å²) in [6.45, 7) is 4.77. The number of hydrazone groups is 1. The van der Waals surface area contributed by atoms with Crippen molar-refractivity contribution in [2.24, 2.45) is 5.10 Å². The molecule has 0 saturated carbocycles. The second kappa shape index (κ2) is 12.3. The minimum atomic E-state index is -0.339. The van der Waals surface area contributed by atoms with Crippen LogP contribution in [0.25, 0.3) is 0 Å². The minimum absolute atomic E-state index is 0.113. The molecule has 3 rings (SSSR count). The Morgan fingerprint density at radius 2 is 1.74 bits per heavy atom. The lowest BCUT2D eigenvalue weighted by molar-refractivity contribution is -0.123. The Bertz CT molecular complexity index is 903. The highest BCUT2D eigenvalue weighted by Crippen LogP contribution is 2.45. The number of benzene rings is 2. The molecule has 1 aliphatic heterocycles. The molecule has 1 amide bonds. The summed E-state index contributed by atoms with van der Waals surface area (Å²) in [4.78, 5) is 12.1. The van der Waals surface area contributed by atoms with Crippen molar-refractivity contribution in [2.75, 3.05) is 31.3 Å². The molecule has 1 saturated heterocycles. The lowest BCUT2D eigenvalue weighted by Gasteiger charge is -2.12. The Labute approximate surface area is 199 Å². The van der Waals surface area contributed by atoms with Crippen LogP contribution in [0.4, 0.5) is 0 Å². The number of nitrogens with zero attached hydrogens (tertiary/aromatic N) is 1. The number of rotatable bonds is 10. The Balaban J connectivity index is 1.51. The molecule has 1 aliphatic rings. The summed E-state index contributed by atoms with van der Waals surface area (Å²) in [5.74, 6) is 3.98. The van der Waals surface area contributed by atoms with E-state index in [0.29, 0.717) is 35.0 Å². The topological polar surface area (TPSA) is 69.2 Å². The van der Waals surface area contributed by atoms with Gasteiger partial charge >= 0.3 is 0 Å². The van der Waals surface area contributed by atoms with E-state index in [9.17, 15) is 4.79 Å². The fourth-order valence-electron chi connectivity index (χ4n) is 2.81. The van der Waals surface area contributed by atoms with Crippen LogP contribution in [0.2, 0.25) is 0 Å². The normalized spacial score (nSPS) is 14.0. The smallest absolute Gasteiger partial charge is 0.277 e. The van der Waals surface area contributed by atoms with Gasteiger partial charge in [0.25, 0.3) is 5.91 Å². The van der Waals surface area contributed by atoms with Crippen molar-refractivity contribution >= 4 is 51.6 Å². The van der Waals surface area contributed by atoms with Crippen LogP contribution in [-0.2, 0) is 4.79 Å². The molecule has 0 aromatic heterocycles. The van der Waals surface area contributed by atoms with Gasteiger partial charge in [-0.3, -0.25) is 4.79 Å². The van der Waals surface area contributed by atoms with E-state index in [1.165, 1.54) is 17.1 Å². The number of amides is 1. The summed E-state index contributed by atoms with van der Waals surface area (Å²) in [7, 11) is 0. The minimum Gasteiger partial charge on any atom is -0.490 e. The number of nitrogens with one attached hydrogen (secondary N) is 1. The Morgan fingerprint density at radius 1 is 1.10 bits per heavy atom. The molecule has 0 unspecified atom stereocenters. The monoisotopic (exact) mass is 524 g/mol. The molecular weight excluding hydrogens is 500 g/mol. The van der Waals surface area contributed by atoms with Gasteiger partial charge in [0.05, 0.1) is 24.0 Å². The molecule has 6 nitrogen and oxygen atoms in total. The maximum absolute atomic E-state index is 12.1. The lowest BCUT2D eigenvalue weighted by Crippen LogP contribution is -2.24. The van der Waals surface area contributed by atoms with Gasteiger partial charge in [-0.15, -0.1) is 23.5 Å². The standard InChI is InChI=1S/C22H25BrN2O4S2/c1-3-27-19-11-16(18(23)12-20(19)28-4-2)13-24-25-21(26)14-29-17-7-5-15(6-8-17)22-30-9-10-31-22/h5-8,11-13,22H,3-4,9-10,14H2,1-2H3,(H,25,26)/b24-13-. The SMILES string of the molecule is CCOc1cc(Br)c(/C=N\NC(=O)COc2ccc(C3SCCS3)cc2)cc1OCC. The molecule has 31 heavy (non-hydrogen) atoms. The summed E-state index contributed by atoms with van der Waals surface area (Å²) in [6.07, 6.45) is 1.55. The van der Waals surface area contributed by atoms with E-state index in [1.54, 1.807) is 6.21 Å². The van der Waals surface area contributed by atoms with E-state index >= 15 is 0 Å². The van der Waals surface area contributed by atoms with Crippen LogP contribution in [0.15, 0.2) is 46.0 Å². The van der Waals surface area contributed by atoms with Gasteiger partial charge in [-0.2, -0.15) is 5.10 Å². The number of carbonyl (C=O) groups excluding carboxylic acids is 1. The van der Waals surface area contributed by atoms with Crippen molar-refractivity contribution in [3.8, 4) is 17.2 Å². The Hall–Kier alpha value is -1.84. The molecule has 1 heterocycles. The first-order valence-electron chi connectivity index (χ1n) is 9.97. The molecular formula is C22H25BrN2O4S2. The van der Waals surface area contributed by atoms with E-state index in [0.717, 1.165) is 10.0 Å². The van der Waals surface area contributed by atoms with Gasteiger partial charge in [-0.1, -0.05) is 12.1 Å². The van der Waals surface area contributed by atoms with Crippen molar-refractivity contribution in [3.63, 3.8) is 0 Å². The highest BCUT2D eigenvalue weighted by Gasteiger charge is 2.18. The summed E-state index contributed by atoms with van der Waals surface area (Å²) in [5, 5.41) is 4.02. The molecule has 0 bridgehead atoms. The van der Waals surface area contributed by atoms with Gasteiger partial charge in [-0.25, -0.2) is 5.43 Å². The first-order chi connectivity index (χ1) is 15.1. The van der Waals surface area contributed by atoms with Gasteiger partial charge in [-0.05, 0) is 59.6 Å². The van der Waals surface area contributed by atoms with Crippen LogP contribution in [0, 0.1) is 0 Å². The fraction of sp³-hybridized carbons (Fsp3) is 0.364. The van der Waals surface area contributed by atoms with E-state index in [1.807, 2.05) is 61.6 Å². The third-order valence-corrected chi connectivity index (χ3v) is 7.99. The van der Waals surface area contributed by atoms with Crippen LogP contribution >= 0.6 is 39.5 Å². The third-order valence-electron chi connectivity index (χ3n) is 4.20. The van der Waals surface area contributed by atoms with Crippen molar-refractivity contribution < 1.29 is 19.0 Å². The molecule has 0 spiro atoms. The molecule has 166 valence electrons. The fourth-order valence-corrected chi connectivity index (χ4v) is 6.10. The summed E-state index contributed by atoms with van der Waals surface area (Å²) >= 11 is 7.41. The van der Waals surface area contributed by atoms with Crippen LogP contribution in [-0.4, -0.2) is 43.4 Å². The van der Waals surface area contributed by atoms with Gasteiger partial charge in [0, 0.05) is 21.5 Å². The van der Waals surface area contributed by atoms with Crippen LogP contribution in [0.1, 0.15) is 29.6 Å². The lowest BCUT2D eigenvalue weighted by atomic mass is 10.2. The molecule has 9 heteroatoms. The largest absolute Gasteiger partial charge is 0.490 e. The summed E-state index contributed by atoms with van der Waals surface area (Å²) in [6, 6.07) is 11.6. The summed E-state index contributed by atoms with van der Waals surface area (Å²) in [5.41, 5.74) is 4.52. The number of hydrogen-bond acceptors (Lipinski definition) is 7. The number of hydrogen-bond donors (Lipinski definition) is 1. The van der Waals surface area contributed by atoms with Crippen LogP contribution in [0.5, 0.6) is 17.2 Å². The van der Waals surface area contributed by atoms with Gasteiger partial charge in [0.15, 0.2) is 18.1 Å². The second-order valence-corrected chi connectivity index (χ2v) is 9.99. The zero-order chi connectivity index (χ0) is 22.1. The number of carbonyl (C=O) groups is 1. The Morgan fingerprint density at radius 3 is 2.39 bits per heavy atom. The van der Waals surface area contributed by atoms with Crippen molar-refractivity contribution in [1.82, 2.24) is 5.43 Å². The number of thioether (sulfide) groups is 2. The molecule has 1 N–H and O–H groups in total. The third kappa shape index (κ3) is 7.08. The Kier molecular flexibility index (Phi) is 9.42. The average molecular weight is 525 g/mol. The molecule has 0 aliphatic carbocycles. The predicted octanol–water partition coefficient (Wildman–Crippen LogP) is 5.25.